The second kappa shape index (κ2) is 8.28. The van der Waals surface area contributed by atoms with Crippen LogP contribution in [-0.2, 0) is 11.2 Å². The van der Waals surface area contributed by atoms with Crippen molar-refractivity contribution in [3.8, 4) is 11.5 Å². The van der Waals surface area contributed by atoms with Gasteiger partial charge in [-0.25, -0.2) is 0 Å². The minimum Gasteiger partial charge on any atom is -0.496 e. The lowest BCUT2D eigenvalue weighted by atomic mass is 9.97. The zero-order chi connectivity index (χ0) is 20.2. The maximum atomic E-state index is 12.7. The van der Waals surface area contributed by atoms with E-state index in [1.807, 2.05) is 11.4 Å². The predicted octanol–water partition coefficient (Wildman–Crippen LogP) is 3.38. The fourth-order valence-electron chi connectivity index (χ4n) is 2.77. The lowest BCUT2D eigenvalue weighted by Gasteiger charge is -2.19. The summed E-state index contributed by atoms with van der Waals surface area (Å²) >= 11 is 0. The minimum absolute atomic E-state index is 0.0695. The molecule has 1 atom stereocenters. The van der Waals surface area contributed by atoms with Gasteiger partial charge in [-0.05, 0) is 37.5 Å². The molecule has 0 unspecified atom stereocenters. The third-order valence-corrected chi connectivity index (χ3v) is 4.07. The molecule has 1 aromatic carbocycles. The Bertz CT molecular complexity index is 797. The largest absolute Gasteiger partial charge is 0.496 e. The number of Topliss-reactive ketones (excluding diaryl/α,β-unsaturated/α-hetero) is 1. The monoisotopic (exact) mass is 383 g/mol. The first-order chi connectivity index (χ1) is 12.7. The smallest absolute Gasteiger partial charge is 0.471 e. The van der Waals surface area contributed by atoms with Gasteiger partial charge < -0.3 is 14.8 Å². The number of ketones is 1. The van der Waals surface area contributed by atoms with Crippen LogP contribution in [-0.4, -0.2) is 38.1 Å². The van der Waals surface area contributed by atoms with Crippen LogP contribution in [0.25, 0.3) is 0 Å². The number of amides is 1. The lowest BCUT2D eigenvalue weighted by Crippen LogP contribution is -2.42. The van der Waals surface area contributed by atoms with Gasteiger partial charge in [-0.15, -0.1) is 0 Å². The molecule has 0 aromatic heterocycles. The van der Waals surface area contributed by atoms with Crippen molar-refractivity contribution in [1.29, 1.82) is 0 Å². The number of benzene rings is 1. The van der Waals surface area contributed by atoms with Crippen LogP contribution in [0.5, 0.6) is 11.5 Å². The summed E-state index contributed by atoms with van der Waals surface area (Å²) in [6.45, 7) is 1.45. The van der Waals surface area contributed by atoms with Gasteiger partial charge in [0.25, 0.3) is 0 Å². The number of methoxy groups -OCH3 is 2. The molecule has 27 heavy (non-hydrogen) atoms. The van der Waals surface area contributed by atoms with E-state index in [0.717, 1.165) is 0 Å². The van der Waals surface area contributed by atoms with Crippen LogP contribution in [0.2, 0.25) is 0 Å². The first-order valence-corrected chi connectivity index (χ1v) is 8.20. The van der Waals surface area contributed by atoms with Crippen molar-refractivity contribution in [3.63, 3.8) is 0 Å². The molecule has 1 aliphatic carbocycles. The van der Waals surface area contributed by atoms with Crippen LogP contribution in [0.3, 0.4) is 0 Å². The number of carbonyl (C=O) groups is 2. The SMILES string of the molecule is COc1cc(C(=O)C2=CC=CC2)c(OC)cc1C[C@@H](C)NC(=O)C(F)(F)F. The van der Waals surface area contributed by atoms with E-state index in [1.54, 1.807) is 18.2 Å². The Hall–Kier alpha value is -2.77. The highest BCUT2D eigenvalue weighted by Crippen LogP contribution is 2.32. The average Bonchev–Trinajstić information content (AvgIpc) is 3.14. The Kier molecular flexibility index (Phi) is 6.30. The van der Waals surface area contributed by atoms with Crippen LogP contribution in [0.4, 0.5) is 13.2 Å². The van der Waals surface area contributed by atoms with E-state index in [2.05, 4.69) is 0 Å². The molecule has 5 nitrogen and oxygen atoms in total. The summed E-state index contributed by atoms with van der Waals surface area (Å²) in [5.74, 6) is -1.59. The fraction of sp³-hybridized carbons (Fsp3) is 0.368. The molecule has 0 aliphatic heterocycles. The number of carbonyl (C=O) groups excluding carboxylic acids is 2. The number of allylic oxidation sites excluding steroid dienone is 4. The molecule has 1 aromatic rings. The summed E-state index contributed by atoms with van der Waals surface area (Å²) in [5.41, 5.74) is 1.42. The van der Waals surface area contributed by atoms with Gasteiger partial charge in [0.15, 0.2) is 5.78 Å². The quantitative estimate of drug-likeness (QED) is 0.733. The Morgan fingerprint density at radius 1 is 1.19 bits per heavy atom. The Labute approximate surface area is 154 Å². The van der Waals surface area contributed by atoms with E-state index < -0.39 is 18.1 Å². The Morgan fingerprint density at radius 3 is 2.37 bits per heavy atom. The molecule has 0 saturated heterocycles. The van der Waals surface area contributed by atoms with Crippen molar-refractivity contribution in [3.05, 3.63) is 47.1 Å². The molecule has 1 N–H and O–H groups in total. The Balaban J connectivity index is 2.27. The summed E-state index contributed by atoms with van der Waals surface area (Å²) in [4.78, 5) is 23.7. The highest BCUT2D eigenvalue weighted by molar-refractivity contribution is 6.11. The molecule has 0 heterocycles. The highest BCUT2D eigenvalue weighted by Gasteiger charge is 2.39. The zero-order valence-electron chi connectivity index (χ0n) is 15.1. The van der Waals surface area contributed by atoms with E-state index in [-0.39, 0.29) is 18.0 Å². The predicted molar refractivity (Wildman–Crippen MR) is 93.1 cm³/mol. The molecular formula is C19H20F3NO4. The number of ether oxygens (including phenoxy) is 2. The average molecular weight is 383 g/mol. The third-order valence-electron chi connectivity index (χ3n) is 4.07. The molecule has 8 heteroatoms. The van der Waals surface area contributed by atoms with Crippen LogP contribution >= 0.6 is 0 Å². The normalized spacial score (nSPS) is 14.5. The fourth-order valence-corrected chi connectivity index (χ4v) is 2.77. The van der Waals surface area contributed by atoms with Gasteiger partial charge in [0.1, 0.15) is 11.5 Å². The number of hydrogen-bond acceptors (Lipinski definition) is 4. The maximum absolute atomic E-state index is 12.7. The maximum Gasteiger partial charge on any atom is 0.471 e. The number of nitrogens with one attached hydrogen (secondary N) is 1. The van der Waals surface area contributed by atoms with Crippen LogP contribution in [0.1, 0.15) is 29.3 Å². The van der Waals surface area contributed by atoms with E-state index in [1.165, 1.54) is 27.2 Å². The zero-order valence-corrected chi connectivity index (χ0v) is 15.1. The first-order valence-electron chi connectivity index (χ1n) is 8.20. The van der Waals surface area contributed by atoms with Crippen LogP contribution < -0.4 is 14.8 Å². The number of hydrogen-bond donors (Lipinski definition) is 1. The topological polar surface area (TPSA) is 64.6 Å². The number of rotatable bonds is 7. The van der Waals surface area contributed by atoms with E-state index in [0.29, 0.717) is 28.9 Å². The lowest BCUT2D eigenvalue weighted by molar-refractivity contribution is -0.174. The minimum atomic E-state index is -4.95. The molecule has 0 radical (unpaired) electrons. The van der Waals surface area contributed by atoms with Crippen molar-refractivity contribution in [2.75, 3.05) is 14.2 Å². The summed E-state index contributed by atoms with van der Waals surface area (Å²) in [6.07, 6.45) is 1.01. The van der Waals surface area contributed by atoms with Crippen molar-refractivity contribution in [2.45, 2.75) is 32.0 Å². The molecule has 0 bridgehead atoms. The van der Waals surface area contributed by atoms with Gasteiger partial charge in [-0.2, -0.15) is 13.2 Å². The van der Waals surface area contributed by atoms with Gasteiger partial charge in [0.05, 0.1) is 19.8 Å². The molecule has 1 aliphatic rings. The molecule has 0 spiro atoms. The highest BCUT2D eigenvalue weighted by atomic mass is 19.4. The van der Waals surface area contributed by atoms with Gasteiger partial charge in [0, 0.05) is 11.6 Å². The third kappa shape index (κ3) is 4.90. The molecular weight excluding hydrogens is 363 g/mol. The second-order valence-electron chi connectivity index (χ2n) is 6.09. The van der Waals surface area contributed by atoms with Gasteiger partial charge in [0.2, 0.25) is 0 Å². The van der Waals surface area contributed by atoms with E-state index in [4.69, 9.17) is 9.47 Å². The van der Waals surface area contributed by atoms with Crippen LogP contribution in [0, 0.1) is 0 Å². The molecule has 1 amide bonds. The number of halogens is 3. The number of alkyl halides is 3. The van der Waals surface area contributed by atoms with Crippen molar-refractivity contribution in [1.82, 2.24) is 5.32 Å². The second-order valence-corrected chi connectivity index (χ2v) is 6.09. The molecule has 0 fully saturated rings. The standard InChI is InChI=1S/C19H20F3NO4/c1-11(23-18(25)19(20,21)22)8-13-9-16(27-3)14(10-15(13)26-2)17(24)12-6-4-5-7-12/h4-6,9-11H,7-8H2,1-3H3,(H,23,25)/t11-/m1/s1. The summed E-state index contributed by atoms with van der Waals surface area (Å²) in [5, 5.41) is 1.89. The molecule has 0 saturated carbocycles. The van der Waals surface area contributed by atoms with Gasteiger partial charge in [-0.3, -0.25) is 9.59 Å². The summed E-state index contributed by atoms with van der Waals surface area (Å²) in [7, 11) is 2.80. The molecule has 2 rings (SSSR count). The first kappa shape index (κ1) is 20.5. The van der Waals surface area contributed by atoms with Crippen molar-refractivity contribution in [2.24, 2.45) is 0 Å². The van der Waals surface area contributed by atoms with E-state index >= 15 is 0 Å². The summed E-state index contributed by atoms with van der Waals surface area (Å²) < 4.78 is 47.8. The van der Waals surface area contributed by atoms with Gasteiger partial charge >= 0.3 is 12.1 Å². The van der Waals surface area contributed by atoms with Crippen LogP contribution in [0.15, 0.2) is 35.9 Å². The summed E-state index contributed by atoms with van der Waals surface area (Å²) in [6, 6.07) is 2.25. The van der Waals surface area contributed by atoms with Crippen molar-refractivity contribution < 1.29 is 32.2 Å². The van der Waals surface area contributed by atoms with Crippen molar-refractivity contribution >= 4 is 11.7 Å². The van der Waals surface area contributed by atoms with Gasteiger partial charge in [-0.1, -0.05) is 18.2 Å². The molecule has 146 valence electrons. The Morgan fingerprint density at radius 2 is 1.85 bits per heavy atom. The van der Waals surface area contributed by atoms with E-state index in [9.17, 15) is 22.8 Å².